The fraction of sp³-hybridized carbons (Fsp3) is 0.240. The molecular formula is C25H25N5O3. The molecule has 0 aliphatic rings. The van der Waals surface area contributed by atoms with Crippen LogP contribution in [-0.2, 0) is 20.5 Å². The molecule has 0 N–H and O–H groups in total. The van der Waals surface area contributed by atoms with Gasteiger partial charge in [0.05, 0.1) is 18.0 Å². The fourth-order valence-corrected chi connectivity index (χ4v) is 4.44. The largest absolute Gasteiger partial charge is 0.494 e. The molecule has 2 aromatic carbocycles. The van der Waals surface area contributed by atoms with Crippen molar-refractivity contribution in [1.82, 2.24) is 23.1 Å². The summed E-state index contributed by atoms with van der Waals surface area (Å²) in [6, 6.07) is 17.9. The van der Waals surface area contributed by atoms with Crippen LogP contribution in [0.2, 0.25) is 0 Å². The number of nitrogens with zero attached hydrogens (tertiary/aromatic N) is 5. The van der Waals surface area contributed by atoms with Gasteiger partial charge in [0.25, 0.3) is 5.56 Å². The minimum absolute atomic E-state index is 0.362. The van der Waals surface area contributed by atoms with Gasteiger partial charge in [0, 0.05) is 25.3 Å². The van der Waals surface area contributed by atoms with E-state index in [9.17, 15) is 9.59 Å². The van der Waals surface area contributed by atoms with E-state index >= 15 is 0 Å². The van der Waals surface area contributed by atoms with Gasteiger partial charge < -0.3 is 4.74 Å². The molecule has 0 atom stereocenters. The van der Waals surface area contributed by atoms with E-state index in [-0.39, 0.29) is 5.56 Å². The third kappa shape index (κ3) is 3.01. The Kier molecular flexibility index (Phi) is 4.92. The highest BCUT2D eigenvalue weighted by molar-refractivity contribution is 5.81. The third-order valence-electron chi connectivity index (χ3n) is 6.00. The average molecular weight is 444 g/mol. The Bertz CT molecular complexity index is 1600. The number of benzene rings is 2. The lowest BCUT2D eigenvalue weighted by atomic mass is 10.1. The zero-order valence-corrected chi connectivity index (χ0v) is 19.1. The first-order chi connectivity index (χ1) is 16.0. The van der Waals surface area contributed by atoms with Crippen LogP contribution in [0.4, 0.5) is 0 Å². The molecule has 5 aromatic rings. The highest BCUT2D eigenvalue weighted by Gasteiger charge is 2.25. The summed E-state index contributed by atoms with van der Waals surface area (Å²) in [7, 11) is 3.14. The first-order valence-corrected chi connectivity index (χ1v) is 11.0. The van der Waals surface area contributed by atoms with E-state index in [1.54, 1.807) is 7.05 Å². The van der Waals surface area contributed by atoms with Crippen molar-refractivity contribution >= 4 is 16.9 Å². The summed E-state index contributed by atoms with van der Waals surface area (Å²) in [4.78, 5) is 30.6. The molecule has 0 amide bonds. The van der Waals surface area contributed by atoms with Gasteiger partial charge in [0.2, 0.25) is 5.78 Å². The lowest BCUT2D eigenvalue weighted by molar-refractivity contribution is 0.340. The van der Waals surface area contributed by atoms with E-state index in [4.69, 9.17) is 9.72 Å². The molecule has 8 heteroatoms. The number of fused-ring (bicyclic) bond motifs is 3. The van der Waals surface area contributed by atoms with Crippen LogP contribution in [-0.4, -0.2) is 29.7 Å². The molecule has 33 heavy (non-hydrogen) atoms. The van der Waals surface area contributed by atoms with Crippen LogP contribution in [0.15, 0.2) is 64.2 Å². The van der Waals surface area contributed by atoms with Crippen LogP contribution in [0, 0.1) is 0 Å². The first-order valence-electron chi connectivity index (χ1n) is 11.0. The minimum Gasteiger partial charge on any atom is -0.494 e. The second kappa shape index (κ2) is 7.81. The SMILES string of the molecule is CCOc1ccc(-n2c(-c3ccccc3)c(CC)n3c4c(=O)n(C)c(=O)n(C)c4nc23)cc1. The predicted molar refractivity (Wildman–Crippen MR) is 128 cm³/mol. The van der Waals surface area contributed by atoms with Crippen molar-refractivity contribution in [2.75, 3.05) is 6.61 Å². The van der Waals surface area contributed by atoms with E-state index in [0.717, 1.165) is 33.0 Å². The summed E-state index contributed by atoms with van der Waals surface area (Å²) in [6.07, 6.45) is 0.669. The quantitative estimate of drug-likeness (QED) is 0.418. The van der Waals surface area contributed by atoms with Crippen LogP contribution in [0.25, 0.3) is 33.9 Å². The van der Waals surface area contributed by atoms with Crippen molar-refractivity contribution in [1.29, 1.82) is 0 Å². The Morgan fingerprint density at radius 2 is 1.61 bits per heavy atom. The summed E-state index contributed by atoms with van der Waals surface area (Å²) < 4.78 is 12.1. The van der Waals surface area contributed by atoms with E-state index < -0.39 is 5.69 Å². The van der Waals surface area contributed by atoms with Crippen LogP contribution in [0.3, 0.4) is 0 Å². The number of ether oxygens (including phenoxy) is 1. The molecule has 0 saturated carbocycles. The van der Waals surface area contributed by atoms with Gasteiger partial charge in [0.1, 0.15) is 5.75 Å². The highest BCUT2D eigenvalue weighted by Crippen LogP contribution is 2.33. The van der Waals surface area contributed by atoms with Crippen molar-refractivity contribution < 1.29 is 4.74 Å². The van der Waals surface area contributed by atoms with Gasteiger partial charge >= 0.3 is 5.69 Å². The third-order valence-corrected chi connectivity index (χ3v) is 6.00. The summed E-state index contributed by atoms with van der Waals surface area (Å²) in [5.74, 6) is 1.37. The van der Waals surface area contributed by atoms with E-state index in [2.05, 4.69) is 19.1 Å². The molecule has 0 unspecified atom stereocenters. The second-order valence-corrected chi connectivity index (χ2v) is 7.90. The molecule has 0 radical (unpaired) electrons. The molecule has 0 aliphatic carbocycles. The number of hydrogen-bond donors (Lipinski definition) is 0. The Balaban J connectivity index is 1.97. The van der Waals surface area contributed by atoms with Crippen LogP contribution < -0.4 is 16.0 Å². The summed E-state index contributed by atoms with van der Waals surface area (Å²) in [5, 5.41) is 0. The zero-order chi connectivity index (χ0) is 23.3. The topological polar surface area (TPSA) is 75.5 Å². The number of rotatable bonds is 5. The smallest absolute Gasteiger partial charge is 0.332 e. The first kappa shape index (κ1) is 20.8. The average Bonchev–Trinajstić information content (AvgIpc) is 3.37. The number of hydrogen-bond acceptors (Lipinski definition) is 4. The molecule has 0 bridgehead atoms. The zero-order valence-electron chi connectivity index (χ0n) is 19.1. The summed E-state index contributed by atoms with van der Waals surface area (Å²) in [5.41, 5.74) is 3.81. The van der Waals surface area contributed by atoms with Gasteiger partial charge in [-0.05, 0) is 37.6 Å². The van der Waals surface area contributed by atoms with Gasteiger partial charge in [-0.1, -0.05) is 37.3 Å². The maximum Gasteiger partial charge on any atom is 0.332 e. The Labute approximate surface area is 189 Å². The molecule has 0 spiro atoms. The van der Waals surface area contributed by atoms with Crippen molar-refractivity contribution in [3.63, 3.8) is 0 Å². The van der Waals surface area contributed by atoms with Crippen LogP contribution in [0.1, 0.15) is 19.5 Å². The minimum atomic E-state index is -0.401. The van der Waals surface area contributed by atoms with Crippen molar-refractivity contribution in [3.05, 3.63) is 81.1 Å². The molecule has 3 aromatic heterocycles. The predicted octanol–water partition coefficient (Wildman–Crippen LogP) is 3.30. The van der Waals surface area contributed by atoms with Gasteiger partial charge in [0.15, 0.2) is 11.2 Å². The maximum absolute atomic E-state index is 13.2. The standard InChI is InChI=1S/C25H25N5O3/c1-5-19-20(16-10-8-7-9-11-16)29(17-12-14-18(15-13-17)33-6-2)24-26-22-21(30(19)24)23(31)28(4)25(32)27(22)3/h7-15H,5-6H2,1-4H3. The lowest BCUT2D eigenvalue weighted by Crippen LogP contribution is -2.37. The van der Waals surface area contributed by atoms with Gasteiger partial charge in [-0.25, -0.2) is 4.79 Å². The van der Waals surface area contributed by atoms with E-state index in [0.29, 0.717) is 30.0 Å². The number of aryl methyl sites for hydroxylation is 2. The molecule has 0 fully saturated rings. The number of aromatic nitrogens is 5. The molecular weight excluding hydrogens is 418 g/mol. The van der Waals surface area contributed by atoms with Crippen molar-refractivity contribution in [2.24, 2.45) is 14.1 Å². The Morgan fingerprint density at radius 3 is 2.24 bits per heavy atom. The lowest BCUT2D eigenvalue weighted by Gasteiger charge is -2.12. The van der Waals surface area contributed by atoms with Crippen LogP contribution in [0.5, 0.6) is 5.75 Å². The monoisotopic (exact) mass is 443 g/mol. The Morgan fingerprint density at radius 1 is 0.909 bits per heavy atom. The molecule has 0 aliphatic heterocycles. The van der Waals surface area contributed by atoms with E-state index in [1.165, 1.54) is 11.6 Å². The normalized spacial score (nSPS) is 11.5. The van der Waals surface area contributed by atoms with Crippen LogP contribution >= 0.6 is 0 Å². The van der Waals surface area contributed by atoms with Gasteiger partial charge in [-0.15, -0.1) is 0 Å². The van der Waals surface area contributed by atoms with Crippen molar-refractivity contribution in [2.45, 2.75) is 20.3 Å². The molecule has 0 saturated heterocycles. The van der Waals surface area contributed by atoms with Gasteiger partial charge in [-0.2, -0.15) is 4.98 Å². The molecule has 168 valence electrons. The van der Waals surface area contributed by atoms with Crippen molar-refractivity contribution in [3.8, 4) is 22.7 Å². The summed E-state index contributed by atoms with van der Waals surface area (Å²) >= 11 is 0. The second-order valence-electron chi connectivity index (χ2n) is 7.90. The molecule has 8 nitrogen and oxygen atoms in total. The van der Waals surface area contributed by atoms with E-state index in [1.807, 2.05) is 58.4 Å². The van der Waals surface area contributed by atoms with Gasteiger partial charge in [-0.3, -0.25) is 22.9 Å². The highest BCUT2D eigenvalue weighted by atomic mass is 16.5. The molecule has 3 heterocycles. The fourth-order valence-electron chi connectivity index (χ4n) is 4.44. The molecule has 5 rings (SSSR count). The summed E-state index contributed by atoms with van der Waals surface area (Å²) in [6.45, 7) is 4.60. The number of imidazole rings is 2. The Hall–Kier alpha value is -4.07. The maximum atomic E-state index is 13.2.